The van der Waals surface area contributed by atoms with Crippen molar-refractivity contribution in [3.63, 3.8) is 0 Å². The van der Waals surface area contributed by atoms with Gasteiger partial charge < -0.3 is 19.8 Å². The smallest absolute Gasteiger partial charge is 0.256 e. The third-order valence-electron chi connectivity index (χ3n) is 5.80. The normalized spacial score (nSPS) is 23.9. The zero-order valence-corrected chi connectivity index (χ0v) is 16.0. The van der Waals surface area contributed by atoms with Crippen LogP contribution in [0.3, 0.4) is 0 Å². The maximum absolute atomic E-state index is 12.9. The molecule has 1 N–H and O–H groups in total. The molecular weight excluding hydrogens is 330 g/mol. The number of piperazine rings is 1. The molecule has 2 saturated heterocycles. The van der Waals surface area contributed by atoms with Crippen LogP contribution in [0.1, 0.15) is 30.9 Å². The van der Waals surface area contributed by atoms with Crippen molar-refractivity contribution in [1.29, 1.82) is 0 Å². The van der Waals surface area contributed by atoms with Crippen LogP contribution < -0.4 is 4.90 Å². The number of piperidine rings is 1. The standard InChI is InChI=1S/C20H29N3O3/c1-15-6-4-7-18(16(15)2)21-10-12-22(13-11-21)19(25)20(26)8-5-9-23(14-20)17(3)24/h4,6-7,26H,5,8-14H2,1-3H3/t20-/m1/s1. The molecule has 6 nitrogen and oxygen atoms in total. The van der Waals surface area contributed by atoms with Crippen LogP contribution in [-0.2, 0) is 9.59 Å². The monoisotopic (exact) mass is 359 g/mol. The Morgan fingerprint density at radius 1 is 1.04 bits per heavy atom. The van der Waals surface area contributed by atoms with E-state index in [0.717, 1.165) is 13.1 Å². The molecule has 2 heterocycles. The number of aryl methyl sites for hydroxylation is 1. The van der Waals surface area contributed by atoms with E-state index in [9.17, 15) is 14.7 Å². The van der Waals surface area contributed by atoms with E-state index in [-0.39, 0.29) is 18.4 Å². The molecule has 1 aromatic rings. The minimum atomic E-state index is -1.44. The van der Waals surface area contributed by atoms with Gasteiger partial charge in [0.1, 0.15) is 0 Å². The van der Waals surface area contributed by atoms with Gasteiger partial charge in [0.25, 0.3) is 5.91 Å². The molecular formula is C20H29N3O3. The molecule has 2 amide bonds. The highest BCUT2D eigenvalue weighted by atomic mass is 16.3. The molecule has 2 fully saturated rings. The Hall–Kier alpha value is -2.08. The number of amides is 2. The summed E-state index contributed by atoms with van der Waals surface area (Å²) >= 11 is 0. The van der Waals surface area contributed by atoms with Crippen LogP contribution in [0.5, 0.6) is 0 Å². The first-order chi connectivity index (χ1) is 12.3. The molecule has 0 saturated carbocycles. The molecule has 142 valence electrons. The molecule has 0 bridgehead atoms. The Kier molecular flexibility index (Phi) is 5.23. The average molecular weight is 359 g/mol. The number of β-amino-alcohol motifs (C(OH)–C–C–N with tert-alkyl or cyclic N) is 1. The molecule has 26 heavy (non-hydrogen) atoms. The van der Waals surface area contributed by atoms with E-state index in [1.165, 1.54) is 23.7 Å². The first-order valence-corrected chi connectivity index (χ1v) is 9.40. The summed E-state index contributed by atoms with van der Waals surface area (Å²) in [5.41, 5.74) is 2.32. The molecule has 0 radical (unpaired) electrons. The highest BCUT2D eigenvalue weighted by Gasteiger charge is 2.44. The van der Waals surface area contributed by atoms with Crippen molar-refractivity contribution in [1.82, 2.24) is 9.80 Å². The third-order valence-corrected chi connectivity index (χ3v) is 5.80. The van der Waals surface area contributed by atoms with Gasteiger partial charge >= 0.3 is 0 Å². The average Bonchev–Trinajstić information content (AvgIpc) is 2.63. The zero-order chi connectivity index (χ0) is 18.9. The first kappa shape index (κ1) is 18.7. The van der Waals surface area contributed by atoms with Crippen LogP contribution in [0.4, 0.5) is 5.69 Å². The van der Waals surface area contributed by atoms with Crippen LogP contribution in [0.25, 0.3) is 0 Å². The second kappa shape index (κ2) is 7.27. The number of carbonyl (C=O) groups excluding carboxylic acids is 2. The summed E-state index contributed by atoms with van der Waals surface area (Å²) in [4.78, 5) is 30.2. The maximum atomic E-state index is 12.9. The predicted molar refractivity (Wildman–Crippen MR) is 101 cm³/mol. The number of carbonyl (C=O) groups is 2. The Morgan fingerprint density at radius 2 is 1.73 bits per heavy atom. The molecule has 3 rings (SSSR count). The number of likely N-dealkylation sites (tertiary alicyclic amines) is 1. The van der Waals surface area contributed by atoms with E-state index >= 15 is 0 Å². The Morgan fingerprint density at radius 3 is 2.38 bits per heavy atom. The molecule has 2 aliphatic heterocycles. The van der Waals surface area contributed by atoms with Crippen molar-refractivity contribution < 1.29 is 14.7 Å². The van der Waals surface area contributed by atoms with Gasteiger partial charge in [-0.15, -0.1) is 0 Å². The molecule has 0 aliphatic carbocycles. The minimum absolute atomic E-state index is 0.0873. The van der Waals surface area contributed by atoms with Crippen LogP contribution in [0.15, 0.2) is 18.2 Å². The Bertz CT molecular complexity index is 698. The summed E-state index contributed by atoms with van der Waals surface area (Å²) in [6, 6.07) is 6.30. The number of hydrogen-bond acceptors (Lipinski definition) is 4. The summed E-state index contributed by atoms with van der Waals surface area (Å²) in [6.45, 7) is 9.14. The highest BCUT2D eigenvalue weighted by Crippen LogP contribution is 2.27. The van der Waals surface area contributed by atoms with Crippen molar-refractivity contribution in [3.8, 4) is 0 Å². The lowest BCUT2D eigenvalue weighted by Gasteiger charge is -2.43. The van der Waals surface area contributed by atoms with Crippen LogP contribution in [0, 0.1) is 13.8 Å². The van der Waals surface area contributed by atoms with Crippen LogP contribution >= 0.6 is 0 Å². The number of hydrogen-bond donors (Lipinski definition) is 1. The molecule has 1 aromatic carbocycles. The van der Waals surface area contributed by atoms with Gasteiger partial charge in [-0.3, -0.25) is 9.59 Å². The van der Waals surface area contributed by atoms with Gasteiger partial charge in [0.15, 0.2) is 5.60 Å². The van der Waals surface area contributed by atoms with Crippen molar-refractivity contribution in [2.24, 2.45) is 0 Å². The highest BCUT2D eigenvalue weighted by molar-refractivity contribution is 5.86. The van der Waals surface area contributed by atoms with Gasteiger partial charge in [0.05, 0.1) is 6.54 Å². The summed E-state index contributed by atoms with van der Waals surface area (Å²) in [6.07, 6.45) is 1.08. The van der Waals surface area contributed by atoms with Gasteiger partial charge in [0.2, 0.25) is 5.91 Å². The van der Waals surface area contributed by atoms with Crippen molar-refractivity contribution in [2.75, 3.05) is 44.2 Å². The number of aliphatic hydroxyl groups is 1. The lowest BCUT2D eigenvalue weighted by Crippen LogP contribution is -2.61. The predicted octanol–water partition coefficient (Wildman–Crippen LogP) is 1.33. The second-order valence-electron chi connectivity index (χ2n) is 7.57. The minimum Gasteiger partial charge on any atom is -0.378 e. The van der Waals surface area contributed by atoms with Crippen molar-refractivity contribution >= 4 is 17.5 Å². The van der Waals surface area contributed by atoms with Gasteiger partial charge in [-0.25, -0.2) is 0 Å². The topological polar surface area (TPSA) is 64.1 Å². The van der Waals surface area contributed by atoms with Gasteiger partial charge in [-0.05, 0) is 43.9 Å². The summed E-state index contributed by atoms with van der Waals surface area (Å²) in [7, 11) is 0. The number of nitrogens with zero attached hydrogens (tertiary/aromatic N) is 3. The molecule has 0 aromatic heterocycles. The fourth-order valence-electron chi connectivity index (χ4n) is 4.00. The second-order valence-corrected chi connectivity index (χ2v) is 7.57. The fourth-order valence-corrected chi connectivity index (χ4v) is 4.00. The SMILES string of the molecule is CC(=O)N1CCC[C@](O)(C(=O)N2CCN(c3cccc(C)c3C)CC2)C1. The summed E-state index contributed by atoms with van der Waals surface area (Å²) in [5, 5.41) is 10.9. The summed E-state index contributed by atoms with van der Waals surface area (Å²) in [5.74, 6) is -0.320. The van der Waals surface area contributed by atoms with E-state index in [1.54, 1.807) is 9.80 Å². The van der Waals surface area contributed by atoms with Gasteiger partial charge in [-0.1, -0.05) is 12.1 Å². The molecule has 0 spiro atoms. The van der Waals surface area contributed by atoms with Crippen molar-refractivity contribution in [2.45, 2.75) is 39.2 Å². The lowest BCUT2D eigenvalue weighted by molar-refractivity contribution is -0.160. The number of benzene rings is 1. The molecule has 1 atom stereocenters. The lowest BCUT2D eigenvalue weighted by atomic mass is 9.91. The number of rotatable bonds is 2. The van der Waals surface area contributed by atoms with E-state index in [2.05, 4.69) is 36.9 Å². The van der Waals surface area contributed by atoms with E-state index < -0.39 is 5.60 Å². The summed E-state index contributed by atoms with van der Waals surface area (Å²) < 4.78 is 0. The molecule has 0 unspecified atom stereocenters. The van der Waals surface area contributed by atoms with E-state index in [4.69, 9.17) is 0 Å². The van der Waals surface area contributed by atoms with E-state index in [0.29, 0.717) is 32.5 Å². The van der Waals surface area contributed by atoms with Gasteiger partial charge in [-0.2, -0.15) is 0 Å². The first-order valence-electron chi connectivity index (χ1n) is 9.40. The zero-order valence-electron chi connectivity index (χ0n) is 16.0. The third kappa shape index (κ3) is 3.56. The van der Waals surface area contributed by atoms with Gasteiger partial charge in [0, 0.05) is 45.3 Å². The Balaban J connectivity index is 1.65. The van der Waals surface area contributed by atoms with E-state index in [1.807, 2.05) is 0 Å². The molecule has 6 heteroatoms. The quantitative estimate of drug-likeness (QED) is 0.865. The Labute approximate surface area is 155 Å². The maximum Gasteiger partial charge on any atom is 0.256 e. The largest absolute Gasteiger partial charge is 0.378 e. The van der Waals surface area contributed by atoms with Crippen molar-refractivity contribution in [3.05, 3.63) is 29.3 Å². The molecule has 2 aliphatic rings. The van der Waals surface area contributed by atoms with Crippen LogP contribution in [-0.4, -0.2) is 71.6 Å². The van der Waals surface area contributed by atoms with Crippen LogP contribution in [0.2, 0.25) is 0 Å². The number of anilines is 1. The fraction of sp³-hybridized carbons (Fsp3) is 0.600.